The zero-order chi connectivity index (χ0) is 23.3. The smallest absolute Gasteiger partial charge is 0.158 e. The second-order valence-electron chi connectivity index (χ2n) is 10.4. The molecular formula is C27H36N6. The molecule has 0 unspecified atom stereocenters. The van der Waals surface area contributed by atoms with Crippen molar-refractivity contribution < 1.29 is 0 Å². The van der Waals surface area contributed by atoms with Crippen LogP contribution in [-0.2, 0) is 0 Å². The lowest BCUT2D eigenvalue weighted by Gasteiger charge is -2.30. The Hall–Kier alpha value is -2.73. The Labute approximate surface area is 196 Å². The molecule has 0 aliphatic heterocycles. The van der Waals surface area contributed by atoms with E-state index in [9.17, 15) is 0 Å². The molecule has 6 nitrogen and oxygen atoms in total. The van der Waals surface area contributed by atoms with Gasteiger partial charge in [-0.2, -0.15) is 5.10 Å². The van der Waals surface area contributed by atoms with Crippen LogP contribution in [0.25, 0.3) is 27.9 Å². The molecule has 0 saturated heterocycles. The molecule has 0 radical (unpaired) electrons. The van der Waals surface area contributed by atoms with E-state index in [0.29, 0.717) is 23.9 Å². The molecule has 1 fully saturated rings. The molecule has 4 aromatic rings. The topological polar surface area (TPSA) is 70.9 Å². The van der Waals surface area contributed by atoms with Crippen LogP contribution in [0, 0.1) is 13.8 Å². The van der Waals surface area contributed by atoms with E-state index in [-0.39, 0.29) is 0 Å². The summed E-state index contributed by atoms with van der Waals surface area (Å²) >= 11 is 0. The van der Waals surface area contributed by atoms with Gasteiger partial charge >= 0.3 is 0 Å². The number of H-pyrrole nitrogens is 1. The van der Waals surface area contributed by atoms with Gasteiger partial charge in [-0.05, 0) is 68.7 Å². The summed E-state index contributed by atoms with van der Waals surface area (Å²) in [6, 6.07) is 5.68. The first kappa shape index (κ1) is 22.1. The standard InChI is InChI=1S/C27H36N6/c1-15(2)24-25(21-13-33-27(28-14-29-33)18(6)17(21)5)32-23-12-11-22(31-26(23)24)19-7-9-20(10-8-19)30-16(3)4/h11-16,19-20,30,32H,7-10H2,1-6H3. The van der Waals surface area contributed by atoms with Gasteiger partial charge in [-0.3, -0.25) is 4.98 Å². The van der Waals surface area contributed by atoms with Gasteiger partial charge in [0.15, 0.2) is 5.65 Å². The number of fused-ring (bicyclic) bond motifs is 2. The van der Waals surface area contributed by atoms with Crippen LogP contribution in [-0.4, -0.2) is 36.6 Å². The number of pyridine rings is 2. The largest absolute Gasteiger partial charge is 0.353 e. The third-order valence-electron chi connectivity index (χ3n) is 7.39. The molecule has 1 saturated carbocycles. The minimum atomic E-state index is 0.355. The predicted octanol–water partition coefficient (Wildman–Crippen LogP) is 6.04. The van der Waals surface area contributed by atoms with E-state index in [4.69, 9.17) is 4.98 Å². The lowest BCUT2D eigenvalue weighted by molar-refractivity contribution is 0.323. The lowest BCUT2D eigenvalue weighted by atomic mass is 9.83. The van der Waals surface area contributed by atoms with Crippen LogP contribution in [0.2, 0.25) is 0 Å². The predicted molar refractivity (Wildman–Crippen MR) is 135 cm³/mol. The number of hydrogen-bond acceptors (Lipinski definition) is 4. The maximum atomic E-state index is 5.27. The highest BCUT2D eigenvalue weighted by Gasteiger charge is 2.26. The summed E-state index contributed by atoms with van der Waals surface area (Å²) in [7, 11) is 0. The highest BCUT2D eigenvalue weighted by atomic mass is 15.3. The van der Waals surface area contributed by atoms with Gasteiger partial charge in [0, 0.05) is 41.0 Å². The summed E-state index contributed by atoms with van der Waals surface area (Å²) in [5.74, 6) is 0.905. The van der Waals surface area contributed by atoms with E-state index < -0.39 is 0 Å². The van der Waals surface area contributed by atoms with Crippen molar-refractivity contribution in [1.82, 2.24) is 29.9 Å². The summed E-state index contributed by atoms with van der Waals surface area (Å²) in [6.45, 7) is 13.3. The first-order valence-corrected chi connectivity index (χ1v) is 12.4. The van der Waals surface area contributed by atoms with Crippen LogP contribution in [0.5, 0.6) is 0 Å². The zero-order valence-electron chi connectivity index (χ0n) is 20.7. The molecule has 0 aromatic carbocycles. The van der Waals surface area contributed by atoms with E-state index in [0.717, 1.165) is 22.4 Å². The fourth-order valence-corrected chi connectivity index (χ4v) is 5.58. The molecule has 174 valence electrons. The maximum absolute atomic E-state index is 5.27. The molecular weight excluding hydrogens is 408 g/mol. The Balaban J connectivity index is 1.55. The van der Waals surface area contributed by atoms with Gasteiger partial charge in [0.2, 0.25) is 0 Å². The quantitative estimate of drug-likeness (QED) is 0.394. The third-order valence-corrected chi connectivity index (χ3v) is 7.39. The Morgan fingerprint density at radius 3 is 2.48 bits per heavy atom. The Kier molecular flexibility index (Phi) is 5.73. The molecule has 0 bridgehead atoms. The molecule has 2 N–H and O–H groups in total. The Bertz CT molecular complexity index is 1290. The fraction of sp³-hybridized carbons (Fsp3) is 0.519. The Morgan fingerprint density at radius 2 is 1.79 bits per heavy atom. The summed E-state index contributed by atoms with van der Waals surface area (Å²) < 4.78 is 1.88. The van der Waals surface area contributed by atoms with Gasteiger partial charge in [-0.25, -0.2) is 9.50 Å². The molecule has 6 heteroatoms. The first-order chi connectivity index (χ1) is 15.8. The van der Waals surface area contributed by atoms with Crippen molar-refractivity contribution in [3.05, 3.63) is 47.0 Å². The molecule has 0 amide bonds. The first-order valence-electron chi connectivity index (χ1n) is 12.4. The van der Waals surface area contributed by atoms with E-state index in [2.05, 4.69) is 80.3 Å². The maximum Gasteiger partial charge on any atom is 0.158 e. The summed E-state index contributed by atoms with van der Waals surface area (Å²) in [5.41, 5.74) is 10.4. The average molecular weight is 445 g/mol. The van der Waals surface area contributed by atoms with Crippen molar-refractivity contribution in [2.24, 2.45) is 0 Å². The number of rotatable bonds is 5. The number of aromatic nitrogens is 5. The van der Waals surface area contributed by atoms with Crippen LogP contribution >= 0.6 is 0 Å². The van der Waals surface area contributed by atoms with Gasteiger partial charge in [0.1, 0.15) is 6.33 Å². The van der Waals surface area contributed by atoms with Gasteiger partial charge in [0.05, 0.1) is 16.7 Å². The zero-order valence-corrected chi connectivity index (χ0v) is 20.7. The van der Waals surface area contributed by atoms with Crippen LogP contribution < -0.4 is 5.32 Å². The number of nitrogens with one attached hydrogen (secondary N) is 2. The summed E-state index contributed by atoms with van der Waals surface area (Å²) in [6.07, 6.45) is 8.60. The second-order valence-corrected chi connectivity index (χ2v) is 10.4. The number of aryl methyl sites for hydroxylation is 1. The summed E-state index contributed by atoms with van der Waals surface area (Å²) in [4.78, 5) is 13.4. The van der Waals surface area contributed by atoms with Crippen molar-refractivity contribution in [2.45, 2.75) is 91.1 Å². The number of nitrogens with zero attached hydrogens (tertiary/aromatic N) is 4. The molecule has 5 rings (SSSR count). The van der Waals surface area contributed by atoms with Gasteiger partial charge < -0.3 is 10.3 Å². The molecule has 33 heavy (non-hydrogen) atoms. The highest BCUT2D eigenvalue weighted by molar-refractivity contribution is 5.89. The second kappa shape index (κ2) is 8.56. The SMILES string of the molecule is Cc1c(-c2[nH]c3ccc(C4CCC(NC(C)C)CC4)nc3c2C(C)C)cn2ncnc2c1C. The summed E-state index contributed by atoms with van der Waals surface area (Å²) in [5, 5.41) is 8.12. The van der Waals surface area contributed by atoms with Crippen molar-refractivity contribution in [2.75, 3.05) is 0 Å². The minimum absolute atomic E-state index is 0.355. The van der Waals surface area contributed by atoms with Crippen LogP contribution in [0.15, 0.2) is 24.7 Å². The van der Waals surface area contributed by atoms with Crippen molar-refractivity contribution >= 4 is 16.7 Å². The molecule has 1 aliphatic rings. The van der Waals surface area contributed by atoms with Crippen molar-refractivity contribution in [3.63, 3.8) is 0 Å². The Morgan fingerprint density at radius 1 is 1.03 bits per heavy atom. The van der Waals surface area contributed by atoms with Gasteiger partial charge in [-0.1, -0.05) is 27.7 Å². The van der Waals surface area contributed by atoms with E-state index in [1.807, 2.05) is 4.52 Å². The number of hydrogen-bond donors (Lipinski definition) is 2. The molecule has 1 aliphatic carbocycles. The van der Waals surface area contributed by atoms with E-state index in [1.54, 1.807) is 6.33 Å². The molecule has 4 aromatic heterocycles. The molecule has 0 atom stereocenters. The number of aromatic amines is 1. The van der Waals surface area contributed by atoms with Gasteiger partial charge in [0.25, 0.3) is 0 Å². The van der Waals surface area contributed by atoms with Crippen molar-refractivity contribution in [1.29, 1.82) is 0 Å². The van der Waals surface area contributed by atoms with Crippen LogP contribution in [0.3, 0.4) is 0 Å². The van der Waals surface area contributed by atoms with Crippen LogP contribution in [0.1, 0.15) is 87.6 Å². The highest BCUT2D eigenvalue weighted by Crippen LogP contribution is 2.39. The minimum Gasteiger partial charge on any atom is -0.353 e. The fourth-order valence-electron chi connectivity index (χ4n) is 5.58. The van der Waals surface area contributed by atoms with Gasteiger partial charge in [-0.15, -0.1) is 0 Å². The van der Waals surface area contributed by atoms with E-state index >= 15 is 0 Å². The lowest BCUT2D eigenvalue weighted by Crippen LogP contribution is -2.37. The molecule has 0 spiro atoms. The molecule has 4 heterocycles. The van der Waals surface area contributed by atoms with E-state index in [1.165, 1.54) is 53.6 Å². The third kappa shape index (κ3) is 3.95. The average Bonchev–Trinajstić information content (AvgIpc) is 3.40. The monoisotopic (exact) mass is 444 g/mol. The normalized spacial score (nSPS) is 19.4. The van der Waals surface area contributed by atoms with Crippen LogP contribution in [0.4, 0.5) is 0 Å². The van der Waals surface area contributed by atoms with Crippen molar-refractivity contribution in [3.8, 4) is 11.3 Å².